The molecular weight excluding hydrogens is 534 g/mol. The first-order valence-electron chi connectivity index (χ1n) is 10.6. The number of aromatic nitrogens is 2. The molecule has 0 atom stereocenters. The molecule has 4 rings (SSSR count). The molecule has 1 N–H and O–H groups in total. The highest BCUT2D eigenvalue weighted by Crippen LogP contribution is 2.37. The Hall–Kier alpha value is -4.45. The van der Waals surface area contributed by atoms with Crippen molar-refractivity contribution in [2.24, 2.45) is 0 Å². The quantitative estimate of drug-likeness (QED) is 0.241. The summed E-state index contributed by atoms with van der Waals surface area (Å²) in [6.45, 7) is 0. The van der Waals surface area contributed by atoms with Crippen LogP contribution in [0.15, 0.2) is 54.6 Å². The topological polar surface area (TPSA) is 99.5 Å². The van der Waals surface area contributed by atoms with Crippen molar-refractivity contribution in [3.05, 3.63) is 82.1 Å². The molecule has 3 aromatic carbocycles. The van der Waals surface area contributed by atoms with Gasteiger partial charge in [-0.1, -0.05) is 17.7 Å². The van der Waals surface area contributed by atoms with Crippen LogP contribution in [0.4, 0.5) is 28.0 Å². The maximum Gasteiger partial charge on any atom is 0.417 e. The Kier molecular flexibility index (Phi) is 7.09. The lowest BCUT2D eigenvalue weighted by atomic mass is 10.0. The number of ether oxygens (including phenoxy) is 2. The van der Waals surface area contributed by atoms with Gasteiger partial charge in [-0.15, -0.1) is 0 Å². The highest BCUT2D eigenvalue weighted by Gasteiger charge is 2.37. The molecule has 0 radical (unpaired) electrons. The van der Waals surface area contributed by atoms with Crippen molar-refractivity contribution in [2.75, 3.05) is 19.5 Å². The highest BCUT2D eigenvalue weighted by molar-refractivity contribution is 6.34. The van der Waals surface area contributed by atoms with E-state index in [0.717, 1.165) is 32.4 Å². The number of fused-ring (bicyclic) bond motifs is 1. The monoisotopic (exact) mass is 549 g/mol. The first-order valence-corrected chi connectivity index (χ1v) is 11.0. The third-order valence-corrected chi connectivity index (χ3v) is 5.80. The third-order valence-electron chi connectivity index (χ3n) is 5.48. The van der Waals surface area contributed by atoms with E-state index in [4.69, 9.17) is 11.6 Å². The number of benzene rings is 3. The number of carbonyl (C=O) groups is 3. The van der Waals surface area contributed by atoms with E-state index in [9.17, 15) is 27.6 Å². The van der Waals surface area contributed by atoms with E-state index >= 15 is 4.39 Å². The summed E-state index contributed by atoms with van der Waals surface area (Å²) < 4.78 is 66.0. The lowest BCUT2D eigenvalue weighted by Gasteiger charge is -2.13. The molecule has 0 saturated heterocycles. The molecule has 0 spiro atoms. The van der Waals surface area contributed by atoms with Crippen LogP contribution < -0.4 is 5.32 Å². The predicted octanol–water partition coefficient (Wildman–Crippen LogP) is 6.17. The van der Waals surface area contributed by atoms with Crippen LogP contribution in [-0.4, -0.2) is 42.0 Å². The van der Waals surface area contributed by atoms with E-state index in [1.165, 1.54) is 30.3 Å². The van der Waals surface area contributed by atoms with Gasteiger partial charge in [0.15, 0.2) is 0 Å². The van der Waals surface area contributed by atoms with E-state index < -0.39 is 46.1 Å². The summed E-state index contributed by atoms with van der Waals surface area (Å²) in [4.78, 5) is 37.0. The summed E-state index contributed by atoms with van der Waals surface area (Å²) in [6, 6.07) is 10.3. The van der Waals surface area contributed by atoms with Crippen molar-refractivity contribution >= 4 is 46.2 Å². The molecule has 13 heteroatoms. The van der Waals surface area contributed by atoms with Crippen molar-refractivity contribution in [2.45, 2.75) is 6.18 Å². The number of carbonyl (C=O) groups excluding carboxylic acids is 3. The second kappa shape index (κ2) is 10.1. The lowest BCUT2D eigenvalue weighted by Crippen LogP contribution is -2.20. The molecular formula is C25H16ClF4N3O5. The van der Waals surface area contributed by atoms with Crippen LogP contribution in [0.3, 0.4) is 0 Å². The number of halogens is 5. The predicted molar refractivity (Wildman–Crippen MR) is 129 cm³/mol. The number of hydrogen-bond donors (Lipinski definition) is 1. The van der Waals surface area contributed by atoms with Gasteiger partial charge in [-0.05, 0) is 48.5 Å². The molecule has 4 aromatic rings. The first kappa shape index (κ1) is 26.6. The van der Waals surface area contributed by atoms with Crippen molar-refractivity contribution in [1.82, 2.24) is 9.78 Å². The van der Waals surface area contributed by atoms with Gasteiger partial charge in [0.2, 0.25) is 0 Å². The molecule has 0 unspecified atom stereocenters. The van der Waals surface area contributed by atoms with Crippen molar-refractivity contribution < 1.29 is 41.4 Å². The van der Waals surface area contributed by atoms with Crippen molar-refractivity contribution in [1.29, 1.82) is 0 Å². The Bertz CT molecular complexity index is 1600. The van der Waals surface area contributed by atoms with Crippen LogP contribution in [0.25, 0.3) is 22.2 Å². The Balaban J connectivity index is 1.97. The van der Waals surface area contributed by atoms with Gasteiger partial charge in [0.25, 0.3) is 5.91 Å². The molecule has 0 aliphatic heterocycles. The Morgan fingerprint density at radius 1 is 1.00 bits per heavy atom. The molecule has 1 aromatic heterocycles. The zero-order valence-electron chi connectivity index (χ0n) is 19.5. The van der Waals surface area contributed by atoms with E-state index in [2.05, 4.69) is 19.9 Å². The molecule has 0 aliphatic rings. The summed E-state index contributed by atoms with van der Waals surface area (Å²) in [5.74, 6) is -2.95. The molecule has 1 amide bonds. The first-order chi connectivity index (χ1) is 18.0. The molecule has 196 valence electrons. The van der Waals surface area contributed by atoms with Gasteiger partial charge in [0.1, 0.15) is 11.5 Å². The van der Waals surface area contributed by atoms with Gasteiger partial charge in [0, 0.05) is 16.6 Å². The third kappa shape index (κ3) is 4.90. The second-order valence-electron chi connectivity index (χ2n) is 7.76. The average Bonchev–Trinajstić information content (AvgIpc) is 3.25. The number of hydrogen-bond acceptors (Lipinski definition) is 6. The molecule has 0 fully saturated rings. The molecule has 38 heavy (non-hydrogen) atoms. The number of alkyl halides is 3. The SMILES string of the molecule is COC(=O)Nc1ccc2c(-c3ccc(C(=O)OC)cc3F)nn(C(=O)c3c(Cl)cccc3C(F)(F)F)c2c1. The number of nitrogens with one attached hydrogen (secondary N) is 1. The fourth-order valence-electron chi connectivity index (χ4n) is 3.75. The van der Waals surface area contributed by atoms with E-state index in [1.54, 1.807) is 0 Å². The summed E-state index contributed by atoms with van der Waals surface area (Å²) >= 11 is 6.02. The minimum absolute atomic E-state index is 0.0663. The van der Waals surface area contributed by atoms with Gasteiger partial charge in [-0.3, -0.25) is 10.1 Å². The molecule has 0 saturated carbocycles. The zero-order chi connectivity index (χ0) is 27.8. The molecule has 8 nitrogen and oxygen atoms in total. The van der Waals surface area contributed by atoms with Crippen LogP contribution in [-0.2, 0) is 15.7 Å². The van der Waals surface area contributed by atoms with Gasteiger partial charge in [-0.2, -0.15) is 23.0 Å². The number of rotatable bonds is 4. The maximum absolute atomic E-state index is 15.1. The zero-order valence-corrected chi connectivity index (χ0v) is 20.3. The number of esters is 1. The fraction of sp³-hybridized carbons (Fsp3) is 0.120. The van der Waals surface area contributed by atoms with E-state index in [1.807, 2.05) is 0 Å². The number of amides is 1. The normalized spacial score (nSPS) is 11.3. The molecule has 1 heterocycles. The second-order valence-corrected chi connectivity index (χ2v) is 8.17. The standard InChI is InChI=1S/C25H16ClF4N3O5/c1-37-23(35)12-6-8-14(18(27)10-12)21-15-9-7-13(31-24(36)38-2)11-19(15)33(32-21)22(34)20-16(25(28,29)30)4-3-5-17(20)26/h3-11H,1-2H3,(H,31,36). The minimum Gasteiger partial charge on any atom is -0.465 e. The van der Waals surface area contributed by atoms with E-state index in [-0.39, 0.29) is 33.4 Å². The van der Waals surface area contributed by atoms with Crippen LogP contribution in [0.2, 0.25) is 5.02 Å². The molecule has 0 aliphatic carbocycles. The molecule has 0 bridgehead atoms. The Labute approximate surface area is 216 Å². The van der Waals surface area contributed by atoms with Crippen molar-refractivity contribution in [3.63, 3.8) is 0 Å². The largest absolute Gasteiger partial charge is 0.465 e. The lowest BCUT2D eigenvalue weighted by molar-refractivity contribution is -0.137. The smallest absolute Gasteiger partial charge is 0.417 e. The van der Waals surface area contributed by atoms with Gasteiger partial charge in [0.05, 0.1) is 41.4 Å². The van der Waals surface area contributed by atoms with Gasteiger partial charge < -0.3 is 9.47 Å². The maximum atomic E-state index is 15.1. The van der Waals surface area contributed by atoms with Crippen molar-refractivity contribution in [3.8, 4) is 11.3 Å². The summed E-state index contributed by atoms with van der Waals surface area (Å²) in [5.41, 5.74) is -2.48. The Morgan fingerprint density at radius 2 is 1.74 bits per heavy atom. The summed E-state index contributed by atoms with van der Waals surface area (Å²) in [7, 11) is 2.25. The van der Waals surface area contributed by atoms with E-state index in [0.29, 0.717) is 10.7 Å². The van der Waals surface area contributed by atoms with Crippen LogP contribution in [0.1, 0.15) is 26.3 Å². The van der Waals surface area contributed by atoms with Crippen LogP contribution in [0, 0.1) is 5.82 Å². The highest BCUT2D eigenvalue weighted by atomic mass is 35.5. The minimum atomic E-state index is -4.92. The Morgan fingerprint density at radius 3 is 2.37 bits per heavy atom. The van der Waals surface area contributed by atoms with Gasteiger partial charge >= 0.3 is 18.2 Å². The number of anilines is 1. The number of methoxy groups -OCH3 is 2. The fourth-order valence-corrected chi connectivity index (χ4v) is 4.01. The summed E-state index contributed by atoms with van der Waals surface area (Å²) in [5, 5.41) is 6.19. The van der Waals surface area contributed by atoms with Crippen LogP contribution >= 0.6 is 11.6 Å². The average molecular weight is 550 g/mol. The van der Waals surface area contributed by atoms with Crippen LogP contribution in [0.5, 0.6) is 0 Å². The van der Waals surface area contributed by atoms with Gasteiger partial charge in [-0.25, -0.2) is 14.0 Å². The number of nitrogens with zero attached hydrogens (tertiary/aromatic N) is 2. The summed E-state index contributed by atoms with van der Waals surface area (Å²) in [6.07, 6.45) is -5.77.